The lowest BCUT2D eigenvalue weighted by atomic mass is 10.1. The molecule has 0 bridgehead atoms. The molecule has 0 aliphatic carbocycles. The number of thioether (sulfide) groups is 1. The van der Waals surface area contributed by atoms with Gasteiger partial charge in [-0.05, 0) is 35.4 Å². The van der Waals surface area contributed by atoms with Gasteiger partial charge in [-0.3, -0.25) is 9.69 Å². The number of hydrogen-bond donors (Lipinski definition) is 1. The SMILES string of the molecule is COc1ccc(CN2CCc3nc(SCc4ccc(Cl)cc4)[nH]c(=O)c3C2)cc1. The smallest absolute Gasteiger partial charge is 0.256 e. The maximum atomic E-state index is 12.7. The van der Waals surface area contributed by atoms with Crippen LogP contribution in [0.5, 0.6) is 5.75 Å². The Morgan fingerprint density at radius 1 is 1.14 bits per heavy atom. The minimum absolute atomic E-state index is 0.0342. The molecule has 1 N–H and O–H groups in total. The van der Waals surface area contributed by atoms with Crippen LogP contribution in [0.25, 0.3) is 0 Å². The fourth-order valence-electron chi connectivity index (χ4n) is 3.38. The van der Waals surface area contributed by atoms with E-state index in [0.717, 1.165) is 52.9 Å². The predicted molar refractivity (Wildman–Crippen MR) is 117 cm³/mol. The second-order valence-electron chi connectivity index (χ2n) is 7.02. The van der Waals surface area contributed by atoms with Gasteiger partial charge in [0.2, 0.25) is 0 Å². The van der Waals surface area contributed by atoms with Crippen LogP contribution < -0.4 is 10.3 Å². The first-order chi connectivity index (χ1) is 14.1. The number of aromatic amines is 1. The van der Waals surface area contributed by atoms with E-state index < -0.39 is 0 Å². The van der Waals surface area contributed by atoms with Crippen molar-refractivity contribution in [3.05, 3.63) is 86.3 Å². The second-order valence-corrected chi connectivity index (χ2v) is 8.42. The van der Waals surface area contributed by atoms with Crippen LogP contribution in [0.3, 0.4) is 0 Å². The Morgan fingerprint density at radius 3 is 2.59 bits per heavy atom. The molecular formula is C22H22ClN3O2S. The van der Waals surface area contributed by atoms with Crippen molar-refractivity contribution in [3.63, 3.8) is 0 Å². The van der Waals surface area contributed by atoms with Crippen LogP contribution in [-0.2, 0) is 25.3 Å². The number of benzene rings is 2. The average molecular weight is 428 g/mol. The van der Waals surface area contributed by atoms with Crippen LogP contribution in [0.2, 0.25) is 5.02 Å². The molecular weight excluding hydrogens is 406 g/mol. The van der Waals surface area contributed by atoms with Crippen LogP contribution in [0.4, 0.5) is 0 Å². The minimum atomic E-state index is -0.0342. The summed E-state index contributed by atoms with van der Waals surface area (Å²) in [6.45, 7) is 2.30. The van der Waals surface area contributed by atoms with E-state index >= 15 is 0 Å². The van der Waals surface area contributed by atoms with Gasteiger partial charge < -0.3 is 9.72 Å². The van der Waals surface area contributed by atoms with Gasteiger partial charge in [0.15, 0.2) is 5.16 Å². The summed E-state index contributed by atoms with van der Waals surface area (Å²) in [5.74, 6) is 1.59. The van der Waals surface area contributed by atoms with Crippen molar-refractivity contribution in [2.24, 2.45) is 0 Å². The van der Waals surface area contributed by atoms with Crippen LogP contribution in [0.15, 0.2) is 58.5 Å². The normalized spacial score (nSPS) is 13.9. The zero-order chi connectivity index (χ0) is 20.2. The predicted octanol–water partition coefficient (Wildman–Crippen LogP) is 4.28. The van der Waals surface area contributed by atoms with Gasteiger partial charge >= 0.3 is 0 Å². The molecule has 29 heavy (non-hydrogen) atoms. The summed E-state index contributed by atoms with van der Waals surface area (Å²) < 4.78 is 5.21. The van der Waals surface area contributed by atoms with Crippen molar-refractivity contribution < 1.29 is 4.74 Å². The second kappa shape index (κ2) is 9.03. The topological polar surface area (TPSA) is 58.2 Å². The number of H-pyrrole nitrogens is 1. The number of halogens is 1. The number of methoxy groups -OCH3 is 1. The molecule has 1 aliphatic rings. The summed E-state index contributed by atoms with van der Waals surface area (Å²) >= 11 is 7.47. The molecule has 150 valence electrons. The van der Waals surface area contributed by atoms with Gasteiger partial charge in [-0.2, -0.15) is 0 Å². The summed E-state index contributed by atoms with van der Waals surface area (Å²) in [5, 5.41) is 1.39. The zero-order valence-electron chi connectivity index (χ0n) is 16.2. The van der Waals surface area contributed by atoms with Crippen molar-refractivity contribution in [1.82, 2.24) is 14.9 Å². The molecule has 2 heterocycles. The van der Waals surface area contributed by atoms with E-state index in [1.54, 1.807) is 7.11 Å². The zero-order valence-corrected chi connectivity index (χ0v) is 17.7. The summed E-state index contributed by atoms with van der Waals surface area (Å²) in [6.07, 6.45) is 0.782. The highest BCUT2D eigenvalue weighted by atomic mass is 35.5. The van der Waals surface area contributed by atoms with Crippen molar-refractivity contribution in [3.8, 4) is 5.75 Å². The van der Waals surface area contributed by atoms with Crippen molar-refractivity contribution in [2.75, 3.05) is 13.7 Å². The standard InChI is InChI=1S/C22H22ClN3O2S/c1-28-18-8-4-15(5-9-18)12-26-11-10-20-19(13-26)21(27)25-22(24-20)29-14-16-2-6-17(23)7-3-16/h2-9H,10-14H2,1H3,(H,24,25,27). The number of nitrogens with one attached hydrogen (secondary N) is 1. The third kappa shape index (κ3) is 5.01. The quantitative estimate of drug-likeness (QED) is 0.470. The molecule has 1 aromatic heterocycles. The van der Waals surface area contributed by atoms with Crippen LogP contribution in [0, 0.1) is 0 Å². The Morgan fingerprint density at radius 2 is 1.86 bits per heavy atom. The van der Waals surface area contributed by atoms with Gasteiger partial charge in [-0.1, -0.05) is 47.6 Å². The highest BCUT2D eigenvalue weighted by molar-refractivity contribution is 7.98. The molecule has 0 saturated heterocycles. The van der Waals surface area contributed by atoms with E-state index in [4.69, 9.17) is 21.3 Å². The molecule has 1 aliphatic heterocycles. The van der Waals surface area contributed by atoms with E-state index in [0.29, 0.717) is 11.7 Å². The Kier molecular flexibility index (Phi) is 6.23. The summed E-state index contributed by atoms with van der Waals surface area (Å²) in [4.78, 5) is 22.6. The number of nitrogens with zero attached hydrogens (tertiary/aromatic N) is 2. The largest absolute Gasteiger partial charge is 0.497 e. The van der Waals surface area contributed by atoms with Gasteiger partial charge in [0.05, 0.1) is 18.4 Å². The summed E-state index contributed by atoms with van der Waals surface area (Å²) in [5.41, 5.74) is 4.01. The summed E-state index contributed by atoms with van der Waals surface area (Å²) in [6, 6.07) is 15.8. The number of fused-ring (bicyclic) bond motifs is 1. The Labute approximate surface area is 179 Å². The third-order valence-corrected chi connectivity index (χ3v) is 6.18. The van der Waals surface area contributed by atoms with E-state index in [1.807, 2.05) is 36.4 Å². The van der Waals surface area contributed by atoms with Crippen molar-refractivity contribution in [1.29, 1.82) is 0 Å². The first-order valence-corrected chi connectivity index (χ1v) is 10.8. The third-order valence-electron chi connectivity index (χ3n) is 4.98. The molecule has 5 nitrogen and oxygen atoms in total. The molecule has 0 unspecified atom stereocenters. The molecule has 0 atom stereocenters. The molecule has 3 aromatic rings. The minimum Gasteiger partial charge on any atom is -0.497 e. The maximum Gasteiger partial charge on any atom is 0.256 e. The lowest BCUT2D eigenvalue weighted by Gasteiger charge is -2.27. The first-order valence-electron chi connectivity index (χ1n) is 9.45. The summed E-state index contributed by atoms with van der Waals surface area (Å²) in [7, 11) is 1.66. The number of ether oxygens (including phenoxy) is 1. The molecule has 0 amide bonds. The molecule has 7 heteroatoms. The molecule has 0 radical (unpaired) electrons. The average Bonchev–Trinajstić information content (AvgIpc) is 2.74. The molecule has 0 fully saturated rings. The highest BCUT2D eigenvalue weighted by Gasteiger charge is 2.21. The Hall–Kier alpha value is -2.28. The van der Waals surface area contributed by atoms with Crippen molar-refractivity contribution in [2.45, 2.75) is 30.4 Å². The van der Waals surface area contributed by atoms with Gasteiger partial charge in [-0.15, -0.1) is 0 Å². The monoisotopic (exact) mass is 427 g/mol. The molecule has 2 aromatic carbocycles. The van der Waals surface area contributed by atoms with Crippen molar-refractivity contribution >= 4 is 23.4 Å². The highest BCUT2D eigenvalue weighted by Crippen LogP contribution is 2.23. The van der Waals surface area contributed by atoms with E-state index in [9.17, 15) is 4.79 Å². The molecule has 0 saturated carbocycles. The number of aromatic nitrogens is 2. The lowest BCUT2D eigenvalue weighted by Crippen LogP contribution is -2.35. The fraction of sp³-hybridized carbons (Fsp3) is 0.273. The Balaban J connectivity index is 1.42. The van der Waals surface area contributed by atoms with Gasteiger partial charge in [0.25, 0.3) is 5.56 Å². The van der Waals surface area contributed by atoms with Gasteiger partial charge in [0.1, 0.15) is 5.75 Å². The molecule has 0 spiro atoms. The van der Waals surface area contributed by atoms with E-state index in [-0.39, 0.29) is 5.56 Å². The van der Waals surface area contributed by atoms with Gasteiger partial charge in [-0.25, -0.2) is 4.98 Å². The first kappa shape index (κ1) is 20.0. The van der Waals surface area contributed by atoms with Gasteiger partial charge in [0, 0.05) is 36.8 Å². The molecule has 4 rings (SSSR count). The van der Waals surface area contributed by atoms with E-state index in [2.05, 4.69) is 22.0 Å². The van der Waals surface area contributed by atoms with E-state index in [1.165, 1.54) is 17.3 Å². The Bertz CT molecular complexity index is 1040. The number of rotatable bonds is 6. The maximum absolute atomic E-state index is 12.7. The van der Waals surface area contributed by atoms with Crippen LogP contribution >= 0.6 is 23.4 Å². The number of hydrogen-bond acceptors (Lipinski definition) is 5. The van der Waals surface area contributed by atoms with Crippen LogP contribution in [0.1, 0.15) is 22.4 Å². The fourth-order valence-corrected chi connectivity index (χ4v) is 4.34. The van der Waals surface area contributed by atoms with Crippen LogP contribution in [-0.4, -0.2) is 28.5 Å². The lowest BCUT2D eigenvalue weighted by molar-refractivity contribution is 0.241.